The summed E-state index contributed by atoms with van der Waals surface area (Å²) in [6.45, 7) is 3.47. The third-order valence-electron chi connectivity index (χ3n) is 5.07. The fourth-order valence-electron chi connectivity index (χ4n) is 3.69. The molecule has 1 aliphatic rings. The van der Waals surface area contributed by atoms with Crippen molar-refractivity contribution in [2.75, 3.05) is 6.54 Å². The van der Waals surface area contributed by atoms with Crippen molar-refractivity contribution in [1.82, 2.24) is 5.32 Å². The zero-order chi connectivity index (χ0) is 16.0. The minimum atomic E-state index is -0.656. The largest absolute Gasteiger partial charge is 0.481 e. The first-order valence-electron chi connectivity index (χ1n) is 9.69. The highest BCUT2D eigenvalue weighted by Crippen LogP contribution is 2.26. The number of unbranched alkanes of at least 4 members (excludes halogenated alkanes) is 8. The van der Waals surface area contributed by atoms with Gasteiger partial charge in [-0.25, -0.2) is 0 Å². The molecule has 3 nitrogen and oxygen atoms in total. The van der Waals surface area contributed by atoms with Gasteiger partial charge in [0.05, 0.1) is 0 Å². The van der Waals surface area contributed by atoms with Crippen molar-refractivity contribution in [3.8, 4) is 0 Å². The Morgan fingerprint density at radius 2 is 1.59 bits per heavy atom. The van der Waals surface area contributed by atoms with Crippen LogP contribution in [0.5, 0.6) is 0 Å². The van der Waals surface area contributed by atoms with Gasteiger partial charge in [0.15, 0.2) is 0 Å². The van der Waals surface area contributed by atoms with E-state index < -0.39 is 5.97 Å². The zero-order valence-electron chi connectivity index (χ0n) is 14.6. The molecule has 0 aromatic carbocycles. The van der Waals surface area contributed by atoms with Crippen LogP contribution in [-0.2, 0) is 4.79 Å². The predicted octanol–water partition coefficient (Wildman–Crippen LogP) is 5.14. The lowest BCUT2D eigenvalue weighted by atomic mass is 9.90. The summed E-state index contributed by atoms with van der Waals surface area (Å²) in [7, 11) is 0. The molecule has 130 valence electrons. The third kappa shape index (κ3) is 9.45. The quantitative estimate of drug-likeness (QED) is 0.437. The summed E-state index contributed by atoms with van der Waals surface area (Å²) in [6.07, 6.45) is 17.1. The van der Waals surface area contributed by atoms with Gasteiger partial charge in [-0.05, 0) is 38.1 Å². The molecule has 22 heavy (non-hydrogen) atoms. The van der Waals surface area contributed by atoms with Gasteiger partial charge >= 0.3 is 5.97 Å². The Bertz CT molecular complexity index is 281. The minimum Gasteiger partial charge on any atom is -0.481 e. The van der Waals surface area contributed by atoms with Crippen LogP contribution < -0.4 is 5.32 Å². The van der Waals surface area contributed by atoms with E-state index >= 15 is 0 Å². The van der Waals surface area contributed by atoms with E-state index in [9.17, 15) is 4.79 Å². The fraction of sp³-hybridized carbons (Fsp3) is 0.947. The maximum atomic E-state index is 10.5. The van der Waals surface area contributed by atoms with E-state index in [4.69, 9.17) is 5.11 Å². The number of rotatable bonds is 14. The Morgan fingerprint density at radius 3 is 2.32 bits per heavy atom. The molecule has 0 saturated carbocycles. The molecule has 3 heteroatoms. The summed E-state index contributed by atoms with van der Waals surface area (Å²) in [5, 5.41) is 12.3. The lowest BCUT2D eigenvalue weighted by Gasteiger charge is -2.19. The van der Waals surface area contributed by atoms with Gasteiger partial charge in [0, 0.05) is 12.5 Å². The maximum absolute atomic E-state index is 10.5. The predicted molar refractivity (Wildman–Crippen MR) is 93.2 cm³/mol. The molecule has 1 rings (SSSR count). The van der Waals surface area contributed by atoms with Crippen molar-refractivity contribution in [3.63, 3.8) is 0 Å². The van der Waals surface area contributed by atoms with E-state index in [1.807, 2.05) is 0 Å². The first-order chi connectivity index (χ1) is 10.7. The molecular formula is C19H37NO2. The highest BCUT2D eigenvalue weighted by molar-refractivity contribution is 5.66. The third-order valence-corrected chi connectivity index (χ3v) is 5.07. The van der Waals surface area contributed by atoms with E-state index in [0.717, 1.165) is 24.8 Å². The molecule has 2 atom stereocenters. The molecule has 0 radical (unpaired) electrons. The lowest BCUT2D eigenvalue weighted by molar-refractivity contribution is -0.137. The number of carboxylic acid groups (broad SMARTS) is 1. The normalized spacial score (nSPS) is 21.3. The number of carboxylic acids is 1. The van der Waals surface area contributed by atoms with Crippen molar-refractivity contribution >= 4 is 5.97 Å². The van der Waals surface area contributed by atoms with Gasteiger partial charge in [0.1, 0.15) is 0 Å². The van der Waals surface area contributed by atoms with E-state index in [1.165, 1.54) is 77.2 Å². The molecule has 0 aromatic rings. The second-order valence-electron chi connectivity index (χ2n) is 7.01. The molecule has 0 spiro atoms. The second kappa shape index (κ2) is 12.9. The van der Waals surface area contributed by atoms with Gasteiger partial charge in [-0.2, -0.15) is 0 Å². The number of hydrogen-bond acceptors (Lipinski definition) is 2. The van der Waals surface area contributed by atoms with Gasteiger partial charge in [-0.1, -0.05) is 64.7 Å². The molecule has 0 aliphatic carbocycles. The van der Waals surface area contributed by atoms with E-state index in [2.05, 4.69) is 12.2 Å². The van der Waals surface area contributed by atoms with Gasteiger partial charge in [-0.3, -0.25) is 4.79 Å². The van der Waals surface area contributed by atoms with E-state index in [1.54, 1.807) is 0 Å². The number of nitrogens with one attached hydrogen (secondary N) is 1. The molecular weight excluding hydrogens is 274 g/mol. The molecule has 0 amide bonds. The van der Waals surface area contributed by atoms with Crippen LogP contribution in [0.1, 0.15) is 96.8 Å². The van der Waals surface area contributed by atoms with Gasteiger partial charge in [0.2, 0.25) is 0 Å². The maximum Gasteiger partial charge on any atom is 0.303 e. The van der Waals surface area contributed by atoms with Crippen LogP contribution in [-0.4, -0.2) is 23.7 Å². The van der Waals surface area contributed by atoms with Crippen LogP contribution in [0.25, 0.3) is 0 Å². The molecule has 1 heterocycles. The molecule has 0 aromatic heterocycles. The van der Waals surface area contributed by atoms with E-state index in [-0.39, 0.29) is 0 Å². The standard InChI is InChI=1S/C19H37NO2/c1-2-3-4-5-6-9-12-17-15-16-20-18(17)13-10-7-8-11-14-19(21)22/h17-18,20H,2-16H2,1H3,(H,21,22)/t17-,18+/m0/s1. The zero-order valence-corrected chi connectivity index (χ0v) is 14.6. The van der Waals surface area contributed by atoms with Crippen molar-refractivity contribution in [3.05, 3.63) is 0 Å². The van der Waals surface area contributed by atoms with Crippen LogP contribution in [0.3, 0.4) is 0 Å². The van der Waals surface area contributed by atoms with Crippen LogP contribution in [0.4, 0.5) is 0 Å². The average Bonchev–Trinajstić information content (AvgIpc) is 2.93. The Hall–Kier alpha value is -0.570. The van der Waals surface area contributed by atoms with E-state index in [0.29, 0.717) is 6.42 Å². The summed E-state index contributed by atoms with van der Waals surface area (Å²) in [4.78, 5) is 10.5. The number of aliphatic carboxylic acids is 1. The molecule has 1 saturated heterocycles. The molecule has 2 N–H and O–H groups in total. The topological polar surface area (TPSA) is 49.3 Å². The van der Waals surface area contributed by atoms with Crippen molar-refractivity contribution < 1.29 is 9.90 Å². The van der Waals surface area contributed by atoms with Crippen LogP contribution >= 0.6 is 0 Å². The van der Waals surface area contributed by atoms with Crippen LogP contribution in [0.2, 0.25) is 0 Å². The smallest absolute Gasteiger partial charge is 0.303 e. The minimum absolute atomic E-state index is 0.336. The lowest BCUT2D eigenvalue weighted by Crippen LogP contribution is -2.26. The Morgan fingerprint density at radius 1 is 0.955 bits per heavy atom. The Balaban J connectivity index is 1.99. The molecule has 0 unspecified atom stereocenters. The summed E-state index contributed by atoms with van der Waals surface area (Å²) in [5.74, 6) is 0.238. The highest BCUT2D eigenvalue weighted by Gasteiger charge is 2.25. The first-order valence-corrected chi connectivity index (χ1v) is 9.69. The van der Waals surface area contributed by atoms with Crippen molar-refractivity contribution in [2.45, 2.75) is 103 Å². The Kier molecular flexibility index (Phi) is 11.4. The van der Waals surface area contributed by atoms with Gasteiger partial charge in [0.25, 0.3) is 0 Å². The SMILES string of the molecule is CCCCCCCC[C@H]1CCN[C@@H]1CCCCCCC(=O)O. The highest BCUT2D eigenvalue weighted by atomic mass is 16.4. The van der Waals surface area contributed by atoms with Crippen LogP contribution in [0.15, 0.2) is 0 Å². The molecule has 1 fully saturated rings. The summed E-state index contributed by atoms with van der Waals surface area (Å²) >= 11 is 0. The second-order valence-corrected chi connectivity index (χ2v) is 7.01. The number of carbonyl (C=O) groups is 1. The summed E-state index contributed by atoms with van der Waals surface area (Å²) in [5.41, 5.74) is 0. The first kappa shape index (κ1) is 19.5. The average molecular weight is 312 g/mol. The van der Waals surface area contributed by atoms with Gasteiger partial charge in [-0.15, -0.1) is 0 Å². The monoisotopic (exact) mass is 311 g/mol. The van der Waals surface area contributed by atoms with Crippen molar-refractivity contribution in [1.29, 1.82) is 0 Å². The summed E-state index contributed by atoms with van der Waals surface area (Å²) in [6, 6.07) is 0.732. The van der Waals surface area contributed by atoms with Crippen molar-refractivity contribution in [2.24, 2.45) is 5.92 Å². The van der Waals surface area contributed by atoms with Gasteiger partial charge < -0.3 is 10.4 Å². The Labute approximate surface area is 137 Å². The summed E-state index contributed by atoms with van der Waals surface area (Å²) < 4.78 is 0. The fourth-order valence-corrected chi connectivity index (χ4v) is 3.69. The van der Waals surface area contributed by atoms with Crippen LogP contribution in [0, 0.1) is 5.92 Å². The molecule has 1 aliphatic heterocycles. The molecule has 0 bridgehead atoms. The number of hydrogen-bond donors (Lipinski definition) is 2.